The number of thiophene rings is 1. The van der Waals surface area contributed by atoms with Crippen molar-refractivity contribution in [3.05, 3.63) is 21.9 Å². The third kappa shape index (κ3) is 3.67. The van der Waals surface area contributed by atoms with Crippen LogP contribution in [0.25, 0.3) is 0 Å². The van der Waals surface area contributed by atoms with Gasteiger partial charge in [-0.15, -0.1) is 11.3 Å². The second kappa shape index (κ2) is 8.29. The largest absolute Gasteiger partial charge is 0.379 e. The molecule has 4 aliphatic rings. The fourth-order valence-electron chi connectivity index (χ4n) is 6.35. The fraction of sp³-hybridized carbons (Fsp3) is 0.783. The Morgan fingerprint density at radius 2 is 2.10 bits per heavy atom. The van der Waals surface area contributed by atoms with Gasteiger partial charge in [-0.1, -0.05) is 6.92 Å². The van der Waals surface area contributed by atoms with Crippen molar-refractivity contribution in [2.24, 2.45) is 11.3 Å². The molecule has 1 aromatic rings. The van der Waals surface area contributed by atoms with E-state index in [1.165, 1.54) is 23.3 Å². The number of likely N-dealkylation sites (tertiary alicyclic amines) is 1. The molecule has 6 heteroatoms. The second-order valence-corrected chi connectivity index (χ2v) is 10.4. The van der Waals surface area contributed by atoms with Gasteiger partial charge in [-0.2, -0.15) is 0 Å². The van der Waals surface area contributed by atoms with E-state index in [1.807, 2.05) is 11.3 Å². The molecular weight excluding hydrogens is 382 g/mol. The van der Waals surface area contributed by atoms with Crippen LogP contribution in [0.5, 0.6) is 0 Å². The summed E-state index contributed by atoms with van der Waals surface area (Å²) in [5.41, 5.74) is 1.22. The van der Waals surface area contributed by atoms with Gasteiger partial charge >= 0.3 is 0 Å². The van der Waals surface area contributed by atoms with Crippen LogP contribution >= 0.6 is 11.3 Å². The molecule has 0 unspecified atom stereocenters. The molecule has 1 amide bonds. The van der Waals surface area contributed by atoms with Crippen molar-refractivity contribution in [3.8, 4) is 0 Å². The number of carbonyl (C=O) groups is 1. The predicted octanol–water partition coefficient (Wildman–Crippen LogP) is 2.85. The summed E-state index contributed by atoms with van der Waals surface area (Å²) in [6.45, 7) is 11.0. The first-order valence-electron chi connectivity index (χ1n) is 11.6. The number of piperidine rings is 1. The highest BCUT2D eigenvalue weighted by atomic mass is 32.1. The molecule has 1 aliphatic carbocycles. The number of hydrogen-bond donors (Lipinski definition) is 0. The van der Waals surface area contributed by atoms with Crippen molar-refractivity contribution in [3.63, 3.8) is 0 Å². The van der Waals surface area contributed by atoms with E-state index in [1.54, 1.807) is 0 Å². The zero-order valence-electron chi connectivity index (χ0n) is 17.8. The van der Waals surface area contributed by atoms with Crippen molar-refractivity contribution < 1.29 is 9.53 Å². The molecule has 0 spiro atoms. The molecule has 0 radical (unpaired) electrons. The molecular formula is C23H35N3O2S. The molecule has 4 heterocycles. The van der Waals surface area contributed by atoms with Gasteiger partial charge in [0.1, 0.15) is 0 Å². The maximum absolute atomic E-state index is 14.1. The summed E-state index contributed by atoms with van der Waals surface area (Å²) < 4.78 is 5.58. The molecule has 29 heavy (non-hydrogen) atoms. The van der Waals surface area contributed by atoms with Gasteiger partial charge in [0.05, 0.1) is 18.6 Å². The van der Waals surface area contributed by atoms with Crippen LogP contribution in [0.3, 0.4) is 0 Å². The van der Waals surface area contributed by atoms with Gasteiger partial charge in [-0.05, 0) is 68.1 Å². The first-order chi connectivity index (χ1) is 14.2. The van der Waals surface area contributed by atoms with Crippen molar-refractivity contribution >= 4 is 17.2 Å². The molecule has 1 aromatic heterocycles. The minimum atomic E-state index is -0.162. The smallest absolute Gasteiger partial charge is 0.230 e. The first-order valence-corrected chi connectivity index (χ1v) is 12.5. The number of fused-ring (bicyclic) bond motifs is 2. The van der Waals surface area contributed by atoms with Gasteiger partial charge < -0.3 is 14.5 Å². The Bertz CT molecular complexity index is 731. The van der Waals surface area contributed by atoms with Gasteiger partial charge in [0.2, 0.25) is 5.91 Å². The summed E-state index contributed by atoms with van der Waals surface area (Å²) in [5.74, 6) is 0.987. The van der Waals surface area contributed by atoms with Crippen LogP contribution in [-0.2, 0) is 22.5 Å². The molecule has 3 fully saturated rings. The normalized spacial score (nSPS) is 33.9. The molecule has 5 rings (SSSR count). The summed E-state index contributed by atoms with van der Waals surface area (Å²) in [7, 11) is 0. The molecule has 2 saturated heterocycles. The maximum Gasteiger partial charge on any atom is 0.230 e. The summed E-state index contributed by atoms with van der Waals surface area (Å²) in [6, 6.07) is 2.87. The Morgan fingerprint density at radius 3 is 2.93 bits per heavy atom. The monoisotopic (exact) mass is 417 g/mol. The predicted molar refractivity (Wildman–Crippen MR) is 116 cm³/mol. The number of hydrogen-bond acceptors (Lipinski definition) is 5. The van der Waals surface area contributed by atoms with Crippen molar-refractivity contribution in [2.45, 2.75) is 51.6 Å². The van der Waals surface area contributed by atoms with Crippen LogP contribution in [0, 0.1) is 11.3 Å². The zero-order valence-corrected chi connectivity index (χ0v) is 18.6. The molecule has 3 aliphatic heterocycles. The lowest BCUT2D eigenvalue weighted by Gasteiger charge is -2.54. The lowest BCUT2D eigenvalue weighted by Crippen LogP contribution is -2.61. The van der Waals surface area contributed by atoms with E-state index >= 15 is 0 Å². The van der Waals surface area contributed by atoms with Crippen LogP contribution in [0.15, 0.2) is 11.4 Å². The number of carbonyl (C=O) groups excluding carboxylic acids is 1. The Morgan fingerprint density at radius 1 is 1.24 bits per heavy atom. The minimum Gasteiger partial charge on any atom is -0.379 e. The van der Waals surface area contributed by atoms with E-state index < -0.39 is 0 Å². The van der Waals surface area contributed by atoms with Gasteiger partial charge in [0, 0.05) is 43.6 Å². The van der Waals surface area contributed by atoms with Crippen LogP contribution in [-0.4, -0.2) is 79.1 Å². The SMILES string of the molecule is CCN1CC[C@@H]2C[C@@H](N3CCOCC3)CC[C@@]2(C(=O)N2CCc3sccc3C2)C1. The summed E-state index contributed by atoms with van der Waals surface area (Å²) >= 11 is 1.85. The summed E-state index contributed by atoms with van der Waals surface area (Å²) in [5, 5.41) is 2.19. The first kappa shape index (κ1) is 20.0. The standard InChI is InChI=1S/C23H35N3O2S/c1-2-24-8-4-19-15-20(25-10-12-28-13-11-25)3-7-23(19,17-24)22(27)26-9-5-21-18(16-26)6-14-29-21/h6,14,19-20H,2-5,7-13,15-17H2,1H3/t19-,20+,23-/m1/s1. The number of rotatable bonds is 3. The Hall–Kier alpha value is -0.950. The van der Waals surface area contributed by atoms with E-state index in [0.29, 0.717) is 17.9 Å². The Kier molecular flexibility index (Phi) is 5.71. The van der Waals surface area contributed by atoms with Crippen LogP contribution < -0.4 is 0 Å². The lowest BCUT2D eigenvalue weighted by atomic mass is 9.60. The van der Waals surface area contributed by atoms with Crippen LogP contribution in [0.4, 0.5) is 0 Å². The van der Waals surface area contributed by atoms with Crippen LogP contribution in [0.2, 0.25) is 0 Å². The third-order valence-corrected chi connectivity index (χ3v) is 9.11. The Balaban J connectivity index is 1.36. The minimum absolute atomic E-state index is 0.162. The molecule has 5 nitrogen and oxygen atoms in total. The van der Waals surface area contributed by atoms with E-state index in [0.717, 1.165) is 78.3 Å². The highest BCUT2D eigenvalue weighted by Crippen LogP contribution is 2.49. The fourth-order valence-corrected chi connectivity index (χ4v) is 7.24. The van der Waals surface area contributed by atoms with E-state index in [2.05, 4.69) is 33.1 Å². The number of morpholine rings is 1. The summed E-state index contributed by atoms with van der Waals surface area (Å²) in [4.78, 5) is 22.9. The molecule has 1 saturated carbocycles. The van der Waals surface area contributed by atoms with Crippen LogP contribution in [0.1, 0.15) is 43.0 Å². The average Bonchev–Trinajstić information content (AvgIpc) is 3.26. The van der Waals surface area contributed by atoms with Crippen molar-refractivity contribution in [2.75, 3.05) is 52.5 Å². The molecule has 0 bridgehead atoms. The summed E-state index contributed by atoms with van der Waals surface area (Å²) in [6.07, 6.45) is 5.63. The highest BCUT2D eigenvalue weighted by molar-refractivity contribution is 7.10. The third-order valence-electron chi connectivity index (χ3n) is 8.09. The van der Waals surface area contributed by atoms with Crippen molar-refractivity contribution in [1.82, 2.24) is 14.7 Å². The van der Waals surface area contributed by atoms with E-state index in [9.17, 15) is 4.79 Å². The van der Waals surface area contributed by atoms with Gasteiger partial charge in [0.25, 0.3) is 0 Å². The molecule has 0 aromatic carbocycles. The number of amides is 1. The quantitative estimate of drug-likeness (QED) is 0.758. The average molecular weight is 418 g/mol. The lowest BCUT2D eigenvalue weighted by molar-refractivity contribution is -0.157. The maximum atomic E-state index is 14.1. The number of nitrogens with zero attached hydrogens (tertiary/aromatic N) is 3. The van der Waals surface area contributed by atoms with Gasteiger partial charge in [-0.25, -0.2) is 0 Å². The van der Waals surface area contributed by atoms with Crippen molar-refractivity contribution in [1.29, 1.82) is 0 Å². The topological polar surface area (TPSA) is 36.0 Å². The highest BCUT2D eigenvalue weighted by Gasteiger charge is 2.53. The van der Waals surface area contributed by atoms with E-state index in [4.69, 9.17) is 4.74 Å². The number of ether oxygens (including phenoxy) is 1. The Labute approximate surface area is 179 Å². The molecule has 160 valence electrons. The van der Waals surface area contributed by atoms with E-state index in [-0.39, 0.29) is 5.41 Å². The van der Waals surface area contributed by atoms with Gasteiger partial charge in [-0.3, -0.25) is 9.69 Å². The zero-order chi connectivity index (χ0) is 19.8. The second-order valence-electron chi connectivity index (χ2n) is 9.43. The van der Waals surface area contributed by atoms with Gasteiger partial charge in [0.15, 0.2) is 0 Å². The molecule has 0 N–H and O–H groups in total. The molecule has 3 atom stereocenters.